The van der Waals surface area contributed by atoms with Crippen molar-refractivity contribution < 1.29 is 9.53 Å². The second-order valence-electron chi connectivity index (χ2n) is 5.74. The first-order chi connectivity index (χ1) is 12.1. The summed E-state index contributed by atoms with van der Waals surface area (Å²) in [6.45, 7) is 4.03. The minimum absolute atomic E-state index is 0.197. The first kappa shape index (κ1) is 16.7. The van der Waals surface area contributed by atoms with Gasteiger partial charge in [-0.25, -0.2) is 4.68 Å². The SMILES string of the molecule is Cc1cn(-c2ccccc2)nc1O[C@H](C)C(=O)NCc1cccnc1. The molecule has 0 saturated heterocycles. The van der Waals surface area contributed by atoms with Crippen molar-refractivity contribution in [3.8, 4) is 11.6 Å². The monoisotopic (exact) mass is 336 g/mol. The fourth-order valence-corrected chi connectivity index (χ4v) is 2.33. The van der Waals surface area contributed by atoms with Crippen molar-refractivity contribution in [2.45, 2.75) is 26.5 Å². The van der Waals surface area contributed by atoms with Crippen molar-refractivity contribution in [3.63, 3.8) is 0 Å². The van der Waals surface area contributed by atoms with Crippen LogP contribution in [0.4, 0.5) is 0 Å². The minimum atomic E-state index is -0.644. The van der Waals surface area contributed by atoms with E-state index in [0.29, 0.717) is 12.4 Å². The molecule has 0 bridgehead atoms. The van der Waals surface area contributed by atoms with E-state index in [1.54, 1.807) is 24.0 Å². The van der Waals surface area contributed by atoms with Gasteiger partial charge >= 0.3 is 0 Å². The third kappa shape index (κ3) is 4.23. The van der Waals surface area contributed by atoms with Crippen LogP contribution in [0.1, 0.15) is 18.1 Å². The Bertz CT molecular complexity index is 831. The summed E-state index contributed by atoms with van der Waals surface area (Å²) in [6, 6.07) is 13.5. The molecule has 0 spiro atoms. The van der Waals surface area contributed by atoms with Gasteiger partial charge in [0.05, 0.1) is 5.69 Å². The van der Waals surface area contributed by atoms with Crippen LogP contribution in [0.15, 0.2) is 61.1 Å². The quantitative estimate of drug-likeness (QED) is 0.751. The molecule has 1 atom stereocenters. The Morgan fingerprint density at radius 1 is 1.24 bits per heavy atom. The van der Waals surface area contributed by atoms with Gasteiger partial charge in [0.1, 0.15) is 0 Å². The average molecular weight is 336 g/mol. The summed E-state index contributed by atoms with van der Waals surface area (Å²) in [7, 11) is 0. The number of aryl methyl sites for hydroxylation is 1. The second kappa shape index (κ2) is 7.61. The molecule has 2 heterocycles. The molecule has 6 nitrogen and oxygen atoms in total. The van der Waals surface area contributed by atoms with Gasteiger partial charge in [0.25, 0.3) is 5.91 Å². The number of amides is 1. The molecular weight excluding hydrogens is 316 g/mol. The summed E-state index contributed by atoms with van der Waals surface area (Å²) in [4.78, 5) is 16.2. The van der Waals surface area contributed by atoms with Crippen LogP contribution in [0, 0.1) is 6.92 Å². The number of aromatic nitrogens is 3. The molecule has 1 amide bonds. The second-order valence-corrected chi connectivity index (χ2v) is 5.74. The van der Waals surface area contributed by atoms with Gasteiger partial charge in [-0.1, -0.05) is 24.3 Å². The third-order valence-corrected chi connectivity index (χ3v) is 3.72. The molecule has 0 aliphatic carbocycles. The Morgan fingerprint density at radius 2 is 2.04 bits per heavy atom. The molecule has 6 heteroatoms. The zero-order valence-corrected chi connectivity index (χ0v) is 14.2. The maximum Gasteiger partial charge on any atom is 0.261 e. The maximum absolute atomic E-state index is 12.2. The molecule has 0 aliphatic rings. The summed E-state index contributed by atoms with van der Waals surface area (Å²) in [5, 5.41) is 7.26. The van der Waals surface area contributed by atoms with Crippen LogP contribution in [0.2, 0.25) is 0 Å². The smallest absolute Gasteiger partial charge is 0.261 e. The first-order valence-corrected chi connectivity index (χ1v) is 8.08. The fraction of sp³-hybridized carbons (Fsp3) is 0.211. The maximum atomic E-state index is 12.2. The number of para-hydroxylation sites is 1. The van der Waals surface area contributed by atoms with Crippen LogP contribution in [-0.2, 0) is 11.3 Å². The van der Waals surface area contributed by atoms with Crippen LogP contribution < -0.4 is 10.1 Å². The Labute approximate surface area is 146 Å². The van der Waals surface area contributed by atoms with Crippen LogP contribution in [0.5, 0.6) is 5.88 Å². The molecule has 128 valence electrons. The number of rotatable bonds is 6. The van der Waals surface area contributed by atoms with Gasteiger partial charge in [-0.3, -0.25) is 9.78 Å². The third-order valence-electron chi connectivity index (χ3n) is 3.72. The molecule has 0 unspecified atom stereocenters. The molecular formula is C19H20N4O2. The summed E-state index contributed by atoms with van der Waals surface area (Å²) < 4.78 is 7.48. The summed E-state index contributed by atoms with van der Waals surface area (Å²) in [6.07, 6.45) is 4.65. The topological polar surface area (TPSA) is 69.0 Å². The number of pyridine rings is 1. The lowest BCUT2D eigenvalue weighted by molar-refractivity contribution is -0.127. The van der Waals surface area contributed by atoms with Crippen molar-refractivity contribution >= 4 is 5.91 Å². The van der Waals surface area contributed by atoms with Gasteiger partial charge in [0, 0.05) is 30.7 Å². The highest BCUT2D eigenvalue weighted by Crippen LogP contribution is 2.19. The summed E-state index contributed by atoms with van der Waals surface area (Å²) in [5.41, 5.74) is 2.75. The number of hydrogen-bond donors (Lipinski definition) is 1. The predicted molar refractivity (Wildman–Crippen MR) is 94.5 cm³/mol. The van der Waals surface area contributed by atoms with E-state index in [0.717, 1.165) is 16.8 Å². The van der Waals surface area contributed by atoms with E-state index < -0.39 is 6.10 Å². The van der Waals surface area contributed by atoms with Crippen LogP contribution >= 0.6 is 0 Å². The van der Waals surface area contributed by atoms with Gasteiger partial charge in [-0.15, -0.1) is 5.10 Å². The van der Waals surface area contributed by atoms with Gasteiger partial charge in [0.2, 0.25) is 5.88 Å². The number of carbonyl (C=O) groups excluding carboxylic acids is 1. The van der Waals surface area contributed by atoms with Gasteiger partial charge in [-0.2, -0.15) is 0 Å². The van der Waals surface area contributed by atoms with Gasteiger partial charge in [-0.05, 0) is 37.6 Å². The highest BCUT2D eigenvalue weighted by molar-refractivity contribution is 5.80. The van der Waals surface area contributed by atoms with E-state index in [4.69, 9.17) is 4.74 Å². The van der Waals surface area contributed by atoms with Crippen LogP contribution in [-0.4, -0.2) is 26.8 Å². The Morgan fingerprint density at radius 3 is 2.76 bits per heavy atom. The van der Waals surface area contributed by atoms with Crippen molar-refractivity contribution in [1.29, 1.82) is 0 Å². The fourth-order valence-electron chi connectivity index (χ4n) is 2.33. The summed E-state index contributed by atoms with van der Waals surface area (Å²) in [5.74, 6) is 0.255. The molecule has 0 radical (unpaired) electrons. The number of ether oxygens (including phenoxy) is 1. The van der Waals surface area contributed by atoms with Crippen LogP contribution in [0.25, 0.3) is 5.69 Å². The number of carbonyl (C=O) groups is 1. The normalized spacial score (nSPS) is 11.8. The van der Waals surface area contributed by atoms with Crippen LogP contribution in [0.3, 0.4) is 0 Å². The molecule has 25 heavy (non-hydrogen) atoms. The highest BCUT2D eigenvalue weighted by atomic mass is 16.5. The standard InChI is InChI=1S/C19H20N4O2/c1-14-13-23(17-8-4-3-5-9-17)22-19(14)25-15(2)18(24)21-12-16-7-6-10-20-11-16/h3-11,13,15H,12H2,1-2H3,(H,21,24)/t15-/m1/s1. The van der Waals surface area contributed by atoms with Crippen molar-refractivity contribution in [3.05, 3.63) is 72.2 Å². The molecule has 0 aliphatic heterocycles. The van der Waals surface area contributed by atoms with E-state index in [1.165, 1.54) is 0 Å². The Kier molecular flexibility index (Phi) is 5.09. The largest absolute Gasteiger partial charge is 0.463 e. The van der Waals surface area contributed by atoms with Gasteiger partial charge in [0.15, 0.2) is 6.10 Å². The Hall–Kier alpha value is -3.15. The lowest BCUT2D eigenvalue weighted by Gasteiger charge is -2.13. The predicted octanol–water partition coefficient (Wildman–Crippen LogP) is 2.66. The number of nitrogens with zero attached hydrogens (tertiary/aromatic N) is 3. The van der Waals surface area contributed by atoms with E-state index in [1.807, 2.05) is 55.6 Å². The number of benzene rings is 1. The van der Waals surface area contributed by atoms with E-state index in [2.05, 4.69) is 15.4 Å². The molecule has 1 aromatic carbocycles. The molecule has 0 fully saturated rings. The van der Waals surface area contributed by atoms with Crippen molar-refractivity contribution in [2.75, 3.05) is 0 Å². The van der Waals surface area contributed by atoms with Crippen molar-refractivity contribution in [1.82, 2.24) is 20.1 Å². The van der Waals surface area contributed by atoms with Gasteiger partial charge < -0.3 is 10.1 Å². The zero-order chi connectivity index (χ0) is 17.6. The lowest BCUT2D eigenvalue weighted by Crippen LogP contribution is -2.36. The number of nitrogens with one attached hydrogen (secondary N) is 1. The van der Waals surface area contributed by atoms with E-state index in [-0.39, 0.29) is 5.91 Å². The minimum Gasteiger partial charge on any atom is -0.463 e. The molecule has 2 aromatic heterocycles. The highest BCUT2D eigenvalue weighted by Gasteiger charge is 2.17. The van der Waals surface area contributed by atoms with Crippen molar-refractivity contribution in [2.24, 2.45) is 0 Å². The first-order valence-electron chi connectivity index (χ1n) is 8.08. The Balaban J connectivity index is 1.61. The molecule has 1 N–H and O–H groups in total. The number of hydrogen-bond acceptors (Lipinski definition) is 4. The summed E-state index contributed by atoms with van der Waals surface area (Å²) >= 11 is 0. The average Bonchev–Trinajstić information content (AvgIpc) is 3.02. The van der Waals surface area contributed by atoms with E-state index in [9.17, 15) is 4.79 Å². The molecule has 3 rings (SSSR count). The molecule has 3 aromatic rings. The molecule has 0 saturated carbocycles. The zero-order valence-electron chi connectivity index (χ0n) is 14.2. The van der Waals surface area contributed by atoms with E-state index >= 15 is 0 Å². The lowest BCUT2D eigenvalue weighted by atomic mass is 10.3.